The number of fused-ring (bicyclic) bond motifs is 1. The quantitative estimate of drug-likeness (QED) is 0.610. The molecule has 0 aliphatic carbocycles. The van der Waals surface area contributed by atoms with Gasteiger partial charge in [-0.3, -0.25) is 4.79 Å². The van der Waals surface area contributed by atoms with E-state index in [2.05, 4.69) is 32.0 Å². The fourth-order valence-corrected chi connectivity index (χ4v) is 4.84. The van der Waals surface area contributed by atoms with E-state index in [-0.39, 0.29) is 18.2 Å². The summed E-state index contributed by atoms with van der Waals surface area (Å²) in [5, 5.41) is 0.888. The number of carbonyl (C=O) groups excluding carboxylic acids is 1. The standard InChI is InChI=1S/C26H28N2O3/c1-17-10-11-19(18(2)15-17)23-16-21(20-7-3-4-8-22(20)27-23)25(29)28-12-6-5-9-24(28)26-30-13-14-31-26/h3-4,7-8,10-11,15-16,24,26H,5-6,9,12-14H2,1-2H3. The molecule has 0 N–H and O–H groups in total. The third-order valence-corrected chi connectivity index (χ3v) is 6.38. The number of hydrogen-bond acceptors (Lipinski definition) is 4. The summed E-state index contributed by atoms with van der Waals surface area (Å²) in [6.07, 6.45) is 2.67. The Morgan fingerprint density at radius 2 is 1.84 bits per heavy atom. The van der Waals surface area contributed by atoms with Crippen LogP contribution in [-0.2, 0) is 9.47 Å². The Kier molecular flexibility index (Phi) is 5.47. The van der Waals surface area contributed by atoms with Crippen LogP contribution in [0.1, 0.15) is 40.7 Å². The van der Waals surface area contributed by atoms with Gasteiger partial charge in [0, 0.05) is 17.5 Å². The maximum absolute atomic E-state index is 13.9. The number of amides is 1. The lowest BCUT2D eigenvalue weighted by atomic mass is 9.97. The predicted molar refractivity (Wildman–Crippen MR) is 121 cm³/mol. The number of piperidine rings is 1. The lowest BCUT2D eigenvalue weighted by Gasteiger charge is -2.38. The Bertz CT molecular complexity index is 1120. The number of likely N-dealkylation sites (tertiary alicyclic amines) is 1. The second-order valence-electron chi connectivity index (χ2n) is 8.56. The molecule has 2 aliphatic heterocycles. The first-order valence-electron chi connectivity index (χ1n) is 11.1. The molecule has 2 saturated heterocycles. The first-order chi connectivity index (χ1) is 15.1. The van der Waals surface area contributed by atoms with Crippen molar-refractivity contribution in [2.45, 2.75) is 45.4 Å². The number of aryl methyl sites for hydroxylation is 2. The topological polar surface area (TPSA) is 51.7 Å². The molecule has 1 unspecified atom stereocenters. The number of nitrogens with zero attached hydrogens (tertiary/aromatic N) is 2. The zero-order chi connectivity index (χ0) is 21.4. The van der Waals surface area contributed by atoms with Crippen LogP contribution in [0.5, 0.6) is 0 Å². The van der Waals surface area contributed by atoms with Crippen LogP contribution in [-0.4, -0.2) is 47.9 Å². The number of para-hydroxylation sites is 1. The molecular formula is C26H28N2O3. The Balaban J connectivity index is 1.60. The van der Waals surface area contributed by atoms with Gasteiger partial charge >= 0.3 is 0 Å². The second kappa shape index (κ2) is 8.40. The maximum Gasteiger partial charge on any atom is 0.255 e. The fourth-order valence-electron chi connectivity index (χ4n) is 4.84. The summed E-state index contributed by atoms with van der Waals surface area (Å²) < 4.78 is 11.6. The molecule has 1 aromatic heterocycles. The predicted octanol–water partition coefficient (Wildman–Crippen LogP) is 4.89. The Morgan fingerprint density at radius 1 is 1.03 bits per heavy atom. The molecule has 0 bridgehead atoms. The van der Waals surface area contributed by atoms with Gasteiger partial charge in [0.1, 0.15) is 0 Å². The van der Waals surface area contributed by atoms with Crippen molar-refractivity contribution in [2.75, 3.05) is 19.8 Å². The van der Waals surface area contributed by atoms with Crippen molar-refractivity contribution in [1.82, 2.24) is 9.88 Å². The molecule has 0 spiro atoms. The fraction of sp³-hybridized carbons (Fsp3) is 0.385. The normalized spacial score (nSPS) is 19.8. The van der Waals surface area contributed by atoms with E-state index < -0.39 is 0 Å². The third-order valence-electron chi connectivity index (χ3n) is 6.38. The van der Waals surface area contributed by atoms with Crippen molar-refractivity contribution in [3.8, 4) is 11.3 Å². The van der Waals surface area contributed by atoms with E-state index in [9.17, 15) is 4.79 Å². The van der Waals surface area contributed by atoms with Gasteiger partial charge in [-0.15, -0.1) is 0 Å². The molecule has 5 rings (SSSR count). The lowest BCUT2D eigenvalue weighted by molar-refractivity contribution is -0.100. The molecule has 5 nitrogen and oxygen atoms in total. The highest BCUT2D eigenvalue weighted by molar-refractivity contribution is 6.07. The zero-order valence-corrected chi connectivity index (χ0v) is 18.1. The number of ether oxygens (including phenoxy) is 2. The number of aromatic nitrogens is 1. The van der Waals surface area contributed by atoms with Crippen LogP contribution in [0.2, 0.25) is 0 Å². The molecule has 1 amide bonds. The van der Waals surface area contributed by atoms with Crippen LogP contribution in [0.25, 0.3) is 22.2 Å². The molecule has 3 heterocycles. The summed E-state index contributed by atoms with van der Waals surface area (Å²) in [5.74, 6) is 0.0356. The van der Waals surface area contributed by atoms with Crippen molar-refractivity contribution >= 4 is 16.8 Å². The number of rotatable bonds is 3. The van der Waals surface area contributed by atoms with Crippen molar-refractivity contribution in [1.29, 1.82) is 0 Å². The minimum Gasteiger partial charge on any atom is -0.348 e. The molecule has 0 radical (unpaired) electrons. The van der Waals surface area contributed by atoms with Gasteiger partial charge in [-0.25, -0.2) is 4.98 Å². The first kappa shape index (κ1) is 20.2. The zero-order valence-electron chi connectivity index (χ0n) is 18.1. The number of benzene rings is 2. The third kappa shape index (κ3) is 3.84. The molecule has 2 aromatic carbocycles. The number of pyridine rings is 1. The molecule has 3 aromatic rings. The highest BCUT2D eigenvalue weighted by Gasteiger charge is 2.37. The van der Waals surface area contributed by atoms with E-state index in [1.54, 1.807) is 0 Å². The Hall–Kier alpha value is -2.76. The highest BCUT2D eigenvalue weighted by Crippen LogP contribution is 2.31. The smallest absolute Gasteiger partial charge is 0.255 e. The monoisotopic (exact) mass is 416 g/mol. The summed E-state index contributed by atoms with van der Waals surface area (Å²) in [7, 11) is 0. The van der Waals surface area contributed by atoms with E-state index in [1.807, 2.05) is 35.2 Å². The van der Waals surface area contributed by atoms with Gasteiger partial charge in [0.2, 0.25) is 0 Å². The van der Waals surface area contributed by atoms with E-state index in [0.29, 0.717) is 18.8 Å². The van der Waals surface area contributed by atoms with E-state index >= 15 is 0 Å². The molecule has 31 heavy (non-hydrogen) atoms. The number of carbonyl (C=O) groups is 1. The molecule has 2 fully saturated rings. The number of hydrogen-bond donors (Lipinski definition) is 0. The van der Waals surface area contributed by atoms with Crippen LogP contribution >= 0.6 is 0 Å². The molecule has 1 atom stereocenters. The van der Waals surface area contributed by atoms with E-state index in [4.69, 9.17) is 14.5 Å². The minimum atomic E-state index is -0.323. The molecule has 5 heteroatoms. The highest BCUT2D eigenvalue weighted by atomic mass is 16.7. The average molecular weight is 417 g/mol. The SMILES string of the molecule is Cc1ccc(-c2cc(C(=O)N3CCCCC3C3OCCO3)c3ccccc3n2)c(C)c1. The average Bonchev–Trinajstić information content (AvgIpc) is 3.33. The largest absolute Gasteiger partial charge is 0.348 e. The van der Waals surface area contributed by atoms with Crippen LogP contribution in [0.15, 0.2) is 48.5 Å². The van der Waals surface area contributed by atoms with Crippen LogP contribution in [0.4, 0.5) is 0 Å². The summed E-state index contributed by atoms with van der Waals surface area (Å²) in [5.41, 5.74) is 5.80. The van der Waals surface area contributed by atoms with Gasteiger partial charge in [0.15, 0.2) is 6.29 Å². The van der Waals surface area contributed by atoms with Crippen LogP contribution < -0.4 is 0 Å². The summed E-state index contributed by atoms with van der Waals surface area (Å²) in [6, 6.07) is 16.2. The second-order valence-corrected chi connectivity index (χ2v) is 8.56. The molecule has 160 valence electrons. The van der Waals surface area contributed by atoms with Gasteiger partial charge in [0.05, 0.1) is 36.0 Å². The summed E-state index contributed by atoms with van der Waals surface area (Å²) in [4.78, 5) is 20.8. The van der Waals surface area contributed by atoms with Crippen molar-refractivity contribution in [3.63, 3.8) is 0 Å². The van der Waals surface area contributed by atoms with Gasteiger partial charge in [-0.05, 0) is 50.8 Å². The Labute approximate surface area is 183 Å². The van der Waals surface area contributed by atoms with Crippen molar-refractivity contribution in [2.24, 2.45) is 0 Å². The lowest BCUT2D eigenvalue weighted by Crippen LogP contribution is -2.50. The van der Waals surface area contributed by atoms with Crippen LogP contribution in [0, 0.1) is 13.8 Å². The van der Waals surface area contributed by atoms with Gasteiger partial charge in [-0.2, -0.15) is 0 Å². The molecule has 2 aliphatic rings. The first-order valence-corrected chi connectivity index (χ1v) is 11.1. The van der Waals surface area contributed by atoms with E-state index in [0.717, 1.165) is 53.5 Å². The van der Waals surface area contributed by atoms with Gasteiger partial charge in [0.25, 0.3) is 5.91 Å². The van der Waals surface area contributed by atoms with Gasteiger partial charge < -0.3 is 14.4 Å². The Morgan fingerprint density at radius 3 is 2.65 bits per heavy atom. The summed E-state index contributed by atoms with van der Waals surface area (Å²) in [6.45, 7) is 6.10. The molecular weight excluding hydrogens is 388 g/mol. The van der Waals surface area contributed by atoms with E-state index in [1.165, 1.54) is 5.56 Å². The molecule has 0 saturated carbocycles. The van der Waals surface area contributed by atoms with Gasteiger partial charge in [-0.1, -0.05) is 42.0 Å². The minimum absolute atomic E-state index is 0.0356. The van der Waals surface area contributed by atoms with Crippen LogP contribution in [0.3, 0.4) is 0 Å². The maximum atomic E-state index is 13.9. The summed E-state index contributed by atoms with van der Waals surface area (Å²) >= 11 is 0. The van der Waals surface area contributed by atoms with Crippen molar-refractivity contribution < 1.29 is 14.3 Å². The van der Waals surface area contributed by atoms with Crippen molar-refractivity contribution in [3.05, 3.63) is 65.2 Å².